The Morgan fingerprint density at radius 2 is 2.11 bits per heavy atom. The Balaban J connectivity index is 2.13. The third-order valence-electron chi connectivity index (χ3n) is 3.78. The zero-order valence-electron chi connectivity index (χ0n) is 11.7. The smallest absolute Gasteiger partial charge is 0.106 e. The van der Waals surface area contributed by atoms with Gasteiger partial charge in [-0.2, -0.15) is 0 Å². The Hall–Kier alpha value is -1.13. The molecule has 19 heavy (non-hydrogen) atoms. The molecule has 1 saturated heterocycles. The number of ether oxygens (including phenoxy) is 1. The van der Waals surface area contributed by atoms with Crippen molar-refractivity contribution in [3.63, 3.8) is 0 Å². The van der Waals surface area contributed by atoms with Crippen molar-refractivity contribution in [2.75, 3.05) is 31.7 Å². The minimum absolute atomic E-state index is 0.484. The highest BCUT2D eigenvalue weighted by molar-refractivity contribution is 7.80. The molecule has 0 unspecified atom stereocenters. The third-order valence-corrected chi connectivity index (χ3v) is 4.00. The molecule has 104 valence electrons. The minimum Gasteiger partial charge on any atom is -0.389 e. The topological polar surface area (TPSA) is 38.5 Å². The summed E-state index contributed by atoms with van der Waals surface area (Å²) < 4.78 is 5.24. The Morgan fingerprint density at radius 3 is 2.68 bits per heavy atom. The van der Waals surface area contributed by atoms with Crippen LogP contribution in [0.1, 0.15) is 24.0 Å². The number of methoxy groups -OCH3 is 1. The van der Waals surface area contributed by atoms with Crippen molar-refractivity contribution < 1.29 is 4.74 Å². The summed E-state index contributed by atoms with van der Waals surface area (Å²) in [7, 11) is 1.78. The van der Waals surface area contributed by atoms with Crippen LogP contribution in [0, 0.1) is 12.8 Å². The number of thiocarbonyl (C=S) groups is 1. The summed E-state index contributed by atoms with van der Waals surface area (Å²) >= 11 is 5.17. The molecule has 0 amide bonds. The van der Waals surface area contributed by atoms with E-state index in [4.69, 9.17) is 22.7 Å². The maximum Gasteiger partial charge on any atom is 0.106 e. The number of anilines is 1. The number of nitrogens with zero attached hydrogens (tertiary/aromatic N) is 1. The van der Waals surface area contributed by atoms with Gasteiger partial charge in [0, 0.05) is 38.1 Å². The van der Waals surface area contributed by atoms with Gasteiger partial charge in [0.1, 0.15) is 4.99 Å². The highest BCUT2D eigenvalue weighted by Gasteiger charge is 2.21. The molecule has 1 heterocycles. The van der Waals surface area contributed by atoms with E-state index in [0.29, 0.717) is 10.9 Å². The summed E-state index contributed by atoms with van der Waals surface area (Å²) in [5.41, 5.74) is 9.22. The first-order valence-corrected chi connectivity index (χ1v) is 7.17. The molecular formula is C15H22N2OS. The molecule has 1 aliphatic heterocycles. The third kappa shape index (κ3) is 3.45. The van der Waals surface area contributed by atoms with Crippen LogP contribution in [0.15, 0.2) is 18.2 Å². The van der Waals surface area contributed by atoms with Crippen LogP contribution in [0.2, 0.25) is 0 Å². The van der Waals surface area contributed by atoms with Crippen LogP contribution in [0.5, 0.6) is 0 Å². The largest absolute Gasteiger partial charge is 0.389 e. The molecule has 2 rings (SSSR count). The van der Waals surface area contributed by atoms with Crippen LogP contribution in [0.3, 0.4) is 0 Å². The fourth-order valence-corrected chi connectivity index (χ4v) is 2.86. The van der Waals surface area contributed by atoms with Gasteiger partial charge < -0.3 is 15.4 Å². The fraction of sp³-hybridized carbons (Fsp3) is 0.533. The van der Waals surface area contributed by atoms with Gasteiger partial charge >= 0.3 is 0 Å². The second-order valence-corrected chi connectivity index (χ2v) is 5.71. The highest BCUT2D eigenvalue weighted by atomic mass is 32.1. The van der Waals surface area contributed by atoms with E-state index in [2.05, 4.69) is 30.0 Å². The zero-order valence-corrected chi connectivity index (χ0v) is 12.5. The average Bonchev–Trinajstić information content (AvgIpc) is 2.40. The van der Waals surface area contributed by atoms with Crippen LogP contribution < -0.4 is 10.6 Å². The van der Waals surface area contributed by atoms with Crippen molar-refractivity contribution in [1.29, 1.82) is 0 Å². The van der Waals surface area contributed by atoms with Crippen LogP contribution in [-0.4, -0.2) is 31.8 Å². The van der Waals surface area contributed by atoms with Crippen molar-refractivity contribution in [3.05, 3.63) is 29.3 Å². The Bertz CT molecular complexity index is 453. The number of benzene rings is 1. The van der Waals surface area contributed by atoms with Gasteiger partial charge in [-0.3, -0.25) is 0 Å². The van der Waals surface area contributed by atoms with Gasteiger partial charge in [0.15, 0.2) is 0 Å². The minimum atomic E-state index is 0.484. The van der Waals surface area contributed by atoms with E-state index in [0.717, 1.165) is 25.3 Å². The normalized spacial score (nSPS) is 16.6. The monoisotopic (exact) mass is 278 g/mol. The number of hydrogen-bond acceptors (Lipinski definition) is 3. The van der Waals surface area contributed by atoms with Crippen LogP contribution in [0.25, 0.3) is 0 Å². The van der Waals surface area contributed by atoms with Crippen LogP contribution in [0.4, 0.5) is 5.69 Å². The van der Waals surface area contributed by atoms with Gasteiger partial charge in [-0.15, -0.1) is 0 Å². The van der Waals surface area contributed by atoms with E-state index >= 15 is 0 Å². The molecule has 3 nitrogen and oxygen atoms in total. The molecule has 0 spiro atoms. The van der Waals surface area contributed by atoms with Gasteiger partial charge in [0.25, 0.3) is 0 Å². The highest BCUT2D eigenvalue weighted by Crippen LogP contribution is 2.27. The molecule has 1 aliphatic rings. The quantitative estimate of drug-likeness (QED) is 0.859. The lowest BCUT2D eigenvalue weighted by atomic mass is 9.96. The standard InChI is InChI=1S/C15H22N2OS/c1-11-3-4-14(13(9-11)15(16)19)17-7-5-12(6-8-17)10-18-2/h3-4,9,12H,5-8,10H2,1-2H3,(H2,16,19). The Kier molecular flexibility index (Phi) is 4.77. The molecule has 1 fully saturated rings. The van der Waals surface area contributed by atoms with E-state index in [-0.39, 0.29) is 0 Å². The van der Waals surface area contributed by atoms with Gasteiger partial charge in [-0.25, -0.2) is 0 Å². The Morgan fingerprint density at radius 1 is 1.42 bits per heavy atom. The van der Waals surface area contributed by atoms with E-state index in [1.165, 1.54) is 24.1 Å². The number of hydrogen-bond donors (Lipinski definition) is 1. The number of nitrogens with two attached hydrogens (primary N) is 1. The van der Waals surface area contributed by atoms with Crippen molar-refractivity contribution >= 4 is 22.9 Å². The van der Waals surface area contributed by atoms with E-state index in [9.17, 15) is 0 Å². The first-order chi connectivity index (χ1) is 9.11. The van der Waals surface area contributed by atoms with Gasteiger partial charge in [0.2, 0.25) is 0 Å². The van der Waals surface area contributed by atoms with Crippen LogP contribution in [-0.2, 0) is 4.74 Å². The van der Waals surface area contributed by atoms with Gasteiger partial charge in [0.05, 0.1) is 0 Å². The first-order valence-electron chi connectivity index (χ1n) is 6.76. The molecule has 2 N–H and O–H groups in total. The van der Waals surface area contributed by atoms with Crippen molar-refractivity contribution in [3.8, 4) is 0 Å². The summed E-state index contributed by atoms with van der Waals surface area (Å²) in [6, 6.07) is 6.34. The fourth-order valence-electron chi connectivity index (χ4n) is 2.70. The average molecular weight is 278 g/mol. The van der Waals surface area contributed by atoms with Crippen molar-refractivity contribution in [2.24, 2.45) is 11.7 Å². The maximum absolute atomic E-state index is 5.85. The van der Waals surface area contributed by atoms with Crippen LogP contribution >= 0.6 is 12.2 Å². The van der Waals surface area contributed by atoms with Crippen molar-refractivity contribution in [1.82, 2.24) is 0 Å². The lowest BCUT2D eigenvalue weighted by Gasteiger charge is -2.34. The molecule has 4 heteroatoms. The summed E-state index contributed by atoms with van der Waals surface area (Å²) in [5.74, 6) is 0.681. The first kappa shape index (κ1) is 14.3. The predicted molar refractivity (Wildman–Crippen MR) is 83.9 cm³/mol. The van der Waals surface area contributed by atoms with E-state index in [1.54, 1.807) is 7.11 Å². The Labute approximate surface area is 120 Å². The van der Waals surface area contributed by atoms with Gasteiger partial charge in [-0.05, 0) is 37.8 Å². The summed E-state index contributed by atoms with van der Waals surface area (Å²) in [6.45, 7) is 5.03. The number of piperidine rings is 1. The number of rotatable bonds is 4. The van der Waals surface area contributed by atoms with E-state index < -0.39 is 0 Å². The zero-order chi connectivity index (χ0) is 13.8. The predicted octanol–water partition coefficient (Wildman–Crippen LogP) is 2.49. The molecule has 0 saturated carbocycles. The number of aryl methyl sites for hydroxylation is 1. The molecule has 0 atom stereocenters. The van der Waals surface area contributed by atoms with Crippen molar-refractivity contribution in [2.45, 2.75) is 19.8 Å². The van der Waals surface area contributed by atoms with E-state index in [1.807, 2.05) is 0 Å². The molecule has 0 aliphatic carbocycles. The SMILES string of the molecule is COCC1CCN(c2ccc(C)cc2C(N)=S)CC1. The summed E-state index contributed by atoms with van der Waals surface area (Å²) in [4.78, 5) is 2.87. The summed E-state index contributed by atoms with van der Waals surface area (Å²) in [6.07, 6.45) is 2.33. The molecule has 1 aromatic carbocycles. The lowest BCUT2D eigenvalue weighted by molar-refractivity contribution is 0.139. The lowest BCUT2D eigenvalue weighted by Crippen LogP contribution is -2.36. The molecule has 0 bridgehead atoms. The second-order valence-electron chi connectivity index (χ2n) is 5.27. The molecule has 0 aromatic heterocycles. The van der Waals surface area contributed by atoms with Gasteiger partial charge in [-0.1, -0.05) is 23.8 Å². The second kappa shape index (κ2) is 6.35. The molecule has 1 aromatic rings. The maximum atomic E-state index is 5.85. The molecular weight excluding hydrogens is 256 g/mol. The summed E-state index contributed by atoms with van der Waals surface area (Å²) in [5, 5.41) is 0. The molecule has 0 radical (unpaired) electrons.